The van der Waals surface area contributed by atoms with Crippen LogP contribution in [0.15, 0.2) is 4.52 Å². The Labute approximate surface area is 100 Å². The minimum absolute atomic E-state index is 0.317. The summed E-state index contributed by atoms with van der Waals surface area (Å²) in [5, 5.41) is 3.79. The van der Waals surface area contributed by atoms with E-state index in [1.54, 1.807) is 14.0 Å². The van der Waals surface area contributed by atoms with Gasteiger partial charge in [0.05, 0.1) is 13.2 Å². The lowest BCUT2D eigenvalue weighted by atomic mass is 10.1. The van der Waals surface area contributed by atoms with Crippen LogP contribution >= 0.6 is 0 Å². The van der Waals surface area contributed by atoms with Crippen LogP contribution in [0.1, 0.15) is 37.9 Å². The Bertz CT molecular complexity index is 351. The standard InChI is InChI=1S/C11H18N2O4/c1-4-8(11(14)16-5-2)10-12-9(13-17-10)6-7-15-3/h8H,4-7H2,1-3H3. The summed E-state index contributed by atoms with van der Waals surface area (Å²) in [4.78, 5) is 15.8. The molecule has 0 aromatic carbocycles. The highest BCUT2D eigenvalue weighted by atomic mass is 16.5. The molecule has 0 aliphatic carbocycles. The van der Waals surface area contributed by atoms with Gasteiger partial charge in [-0.25, -0.2) is 0 Å². The fourth-order valence-corrected chi connectivity index (χ4v) is 1.39. The predicted molar refractivity (Wildman–Crippen MR) is 59.5 cm³/mol. The molecule has 0 bridgehead atoms. The average Bonchev–Trinajstić information content (AvgIpc) is 2.76. The first-order valence-corrected chi connectivity index (χ1v) is 5.70. The predicted octanol–water partition coefficient (Wildman–Crippen LogP) is 1.32. The summed E-state index contributed by atoms with van der Waals surface area (Å²) in [7, 11) is 1.61. The summed E-state index contributed by atoms with van der Waals surface area (Å²) < 4.78 is 14.9. The summed E-state index contributed by atoms with van der Waals surface area (Å²) in [5.74, 6) is 0.0670. The Morgan fingerprint density at radius 2 is 2.24 bits per heavy atom. The Kier molecular flexibility index (Phi) is 5.62. The molecule has 6 nitrogen and oxygen atoms in total. The van der Waals surface area contributed by atoms with Gasteiger partial charge in [-0.1, -0.05) is 12.1 Å². The highest BCUT2D eigenvalue weighted by Crippen LogP contribution is 2.19. The van der Waals surface area contributed by atoms with Crippen molar-refractivity contribution in [3.8, 4) is 0 Å². The normalized spacial score (nSPS) is 12.4. The summed E-state index contributed by atoms with van der Waals surface area (Å²) in [5.41, 5.74) is 0. The highest BCUT2D eigenvalue weighted by Gasteiger charge is 2.26. The first-order chi connectivity index (χ1) is 8.22. The van der Waals surface area contributed by atoms with Gasteiger partial charge in [-0.15, -0.1) is 0 Å². The molecule has 1 aromatic rings. The molecule has 96 valence electrons. The SMILES string of the molecule is CCOC(=O)C(CC)c1nc(CCOC)no1. The fourth-order valence-electron chi connectivity index (χ4n) is 1.39. The van der Waals surface area contributed by atoms with Gasteiger partial charge in [-0.05, 0) is 13.3 Å². The van der Waals surface area contributed by atoms with Crippen molar-refractivity contribution < 1.29 is 18.8 Å². The van der Waals surface area contributed by atoms with Crippen molar-refractivity contribution >= 4 is 5.97 Å². The lowest BCUT2D eigenvalue weighted by molar-refractivity contribution is -0.145. The second-order valence-corrected chi connectivity index (χ2v) is 3.50. The maximum absolute atomic E-state index is 11.6. The highest BCUT2D eigenvalue weighted by molar-refractivity contribution is 5.76. The Hall–Kier alpha value is -1.43. The van der Waals surface area contributed by atoms with E-state index in [9.17, 15) is 4.79 Å². The van der Waals surface area contributed by atoms with Crippen LogP contribution < -0.4 is 0 Å². The van der Waals surface area contributed by atoms with Crippen molar-refractivity contribution in [2.24, 2.45) is 0 Å². The van der Waals surface area contributed by atoms with Crippen molar-refractivity contribution in [2.45, 2.75) is 32.6 Å². The lowest BCUT2D eigenvalue weighted by Gasteiger charge is -2.08. The van der Waals surface area contributed by atoms with Crippen LogP contribution in [0.3, 0.4) is 0 Å². The van der Waals surface area contributed by atoms with E-state index in [2.05, 4.69) is 10.1 Å². The molecule has 0 amide bonds. The van der Waals surface area contributed by atoms with Crippen LogP contribution in [-0.2, 0) is 20.7 Å². The van der Waals surface area contributed by atoms with E-state index in [1.165, 1.54) is 0 Å². The molecule has 6 heteroatoms. The quantitative estimate of drug-likeness (QED) is 0.671. The van der Waals surface area contributed by atoms with Gasteiger partial charge < -0.3 is 14.0 Å². The fraction of sp³-hybridized carbons (Fsp3) is 0.727. The van der Waals surface area contributed by atoms with Crippen molar-refractivity contribution in [3.05, 3.63) is 11.7 Å². The third-order valence-corrected chi connectivity index (χ3v) is 2.29. The summed E-state index contributed by atoms with van der Waals surface area (Å²) in [6.07, 6.45) is 1.14. The lowest BCUT2D eigenvalue weighted by Crippen LogP contribution is -2.15. The molecule has 0 spiro atoms. The number of nitrogens with zero attached hydrogens (tertiary/aromatic N) is 2. The molecule has 17 heavy (non-hydrogen) atoms. The van der Waals surface area contributed by atoms with E-state index in [0.29, 0.717) is 37.8 Å². The van der Waals surface area contributed by atoms with E-state index in [4.69, 9.17) is 14.0 Å². The molecule has 1 rings (SSSR count). The molecule has 0 N–H and O–H groups in total. The number of esters is 1. The van der Waals surface area contributed by atoms with E-state index >= 15 is 0 Å². The van der Waals surface area contributed by atoms with Gasteiger partial charge in [0.25, 0.3) is 0 Å². The number of carbonyl (C=O) groups is 1. The van der Waals surface area contributed by atoms with Crippen LogP contribution in [-0.4, -0.2) is 36.4 Å². The van der Waals surface area contributed by atoms with E-state index in [0.717, 1.165) is 0 Å². The number of aromatic nitrogens is 2. The van der Waals surface area contributed by atoms with Crippen LogP contribution in [0.5, 0.6) is 0 Å². The largest absolute Gasteiger partial charge is 0.465 e. The molecule has 0 aliphatic heterocycles. The van der Waals surface area contributed by atoms with Gasteiger partial charge in [0, 0.05) is 13.5 Å². The zero-order chi connectivity index (χ0) is 12.7. The number of hydrogen-bond acceptors (Lipinski definition) is 6. The van der Waals surface area contributed by atoms with Crippen molar-refractivity contribution in [2.75, 3.05) is 20.3 Å². The molecule has 0 radical (unpaired) electrons. The van der Waals surface area contributed by atoms with Gasteiger partial charge in [-0.3, -0.25) is 4.79 Å². The first kappa shape index (κ1) is 13.6. The van der Waals surface area contributed by atoms with Gasteiger partial charge in [0.2, 0.25) is 5.89 Å². The Morgan fingerprint density at radius 1 is 1.47 bits per heavy atom. The summed E-state index contributed by atoms with van der Waals surface area (Å²) >= 11 is 0. The molecule has 0 fully saturated rings. The van der Waals surface area contributed by atoms with Crippen molar-refractivity contribution in [3.63, 3.8) is 0 Å². The van der Waals surface area contributed by atoms with Crippen LogP contribution in [0, 0.1) is 0 Å². The van der Waals surface area contributed by atoms with Crippen LogP contribution in [0.25, 0.3) is 0 Å². The van der Waals surface area contributed by atoms with Gasteiger partial charge in [0.1, 0.15) is 5.92 Å². The Balaban J connectivity index is 2.68. The maximum Gasteiger partial charge on any atom is 0.318 e. The first-order valence-electron chi connectivity index (χ1n) is 5.70. The summed E-state index contributed by atoms with van der Waals surface area (Å²) in [6.45, 7) is 4.51. The molecule has 1 aromatic heterocycles. The second-order valence-electron chi connectivity index (χ2n) is 3.50. The maximum atomic E-state index is 11.6. The minimum atomic E-state index is -0.473. The third kappa shape index (κ3) is 3.81. The van der Waals surface area contributed by atoms with Gasteiger partial charge >= 0.3 is 5.97 Å². The van der Waals surface area contributed by atoms with Crippen molar-refractivity contribution in [1.82, 2.24) is 10.1 Å². The third-order valence-electron chi connectivity index (χ3n) is 2.29. The second kappa shape index (κ2) is 7.01. The molecule has 0 aliphatic rings. The van der Waals surface area contributed by atoms with Crippen molar-refractivity contribution in [1.29, 1.82) is 0 Å². The molecule has 1 unspecified atom stereocenters. The summed E-state index contributed by atoms with van der Waals surface area (Å²) in [6, 6.07) is 0. The molecular formula is C11H18N2O4. The van der Waals surface area contributed by atoms with E-state index < -0.39 is 5.92 Å². The smallest absolute Gasteiger partial charge is 0.318 e. The molecule has 1 heterocycles. The number of ether oxygens (including phenoxy) is 2. The number of methoxy groups -OCH3 is 1. The van der Waals surface area contributed by atoms with Crippen LogP contribution in [0.2, 0.25) is 0 Å². The molecular weight excluding hydrogens is 224 g/mol. The monoisotopic (exact) mass is 242 g/mol. The Morgan fingerprint density at radius 3 is 2.82 bits per heavy atom. The minimum Gasteiger partial charge on any atom is -0.465 e. The number of rotatable bonds is 7. The molecule has 0 saturated carbocycles. The topological polar surface area (TPSA) is 74.5 Å². The molecule has 0 saturated heterocycles. The average molecular weight is 242 g/mol. The van der Waals surface area contributed by atoms with Crippen LogP contribution in [0.4, 0.5) is 0 Å². The van der Waals surface area contributed by atoms with E-state index in [1.807, 2.05) is 6.92 Å². The zero-order valence-electron chi connectivity index (χ0n) is 10.4. The zero-order valence-corrected chi connectivity index (χ0v) is 10.4. The molecule has 1 atom stereocenters. The van der Waals surface area contributed by atoms with Gasteiger partial charge in [-0.2, -0.15) is 4.98 Å². The number of hydrogen-bond donors (Lipinski definition) is 0. The van der Waals surface area contributed by atoms with Gasteiger partial charge in [0.15, 0.2) is 5.82 Å². The van der Waals surface area contributed by atoms with E-state index in [-0.39, 0.29) is 5.97 Å². The number of carbonyl (C=O) groups excluding carboxylic acids is 1.